The van der Waals surface area contributed by atoms with Crippen LogP contribution in [0.2, 0.25) is 0 Å². The molecule has 0 aliphatic carbocycles. The van der Waals surface area contributed by atoms with Crippen molar-refractivity contribution >= 4 is 5.82 Å². The second-order valence-corrected chi connectivity index (χ2v) is 4.46. The molecule has 1 aromatic heterocycles. The number of rotatable bonds is 1. The molecule has 0 amide bonds. The summed E-state index contributed by atoms with van der Waals surface area (Å²) in [5.41, 5.74) is 0. The number of fused-ring (bicyclic) bond motifs is 1. The van der Waals surface area contributed by atoms with Crippen molar-refractivity contribution in [2.45, 2.75) is 31.7 Å². The van der Waals surface area contributed by atoms with Gasteiger partial charge in [-0.3, -0.25) is 0 Å². The fourth-order valence-corrected chi connectivity index (χ4v) is 2.63. The quantitative estimate of drug-likeness (QED) is 0.724. The summed E-state index contributed by atoms with van der Waals surface area (Å²) in [6.45, 7) is 4.51. The third kappa shape index (κ3) is 1.63. The molecule has 2 N–H and O–H groups in total. The minimum Gasteiger partial charge on any atom is -0.370 e. The Hall–Kier alpha value is -1.03. The van der Waals surface area contributed by atoms with Gasteiger partial charge in [-0.25, -0.2) is 4.98 Å². The van der Waals surface area contributed by atoms with Crippen LogP contribution in [-0.2, 0) is 6.54 Å². The molecule has 0 aromatic carbocycles. The van der Waals surface area contributed by atoms with Gasteiger partial charge in [-0.05, 0) is 32.4 Å². The summed E-state index contributed by atoms with van der Waals surface area (Å²) in [6, 6.07) is 0. The molecular formula is C11H18N4. The molecule has 0 bridgehead atoms. The molecule has 0 spiro atoms. The Bertz CT molecular complexity index is 338. The molecule has 0 saturated carbocycles. The standard InChI is InChI=1S/C11H18N4/c1-4-13-10-8-14-11(15(10)7-1)9-2-5-12-6-3-9/h8-9,12-13H,1-7H2. The molecule has 1 aromatic rings. The van der Waals surface area contributed by atoms with Gasteiger partial charge in [0.15, 0.2) is 0 Å². The summed E-state index contributed by atoms with van der Waals surface area (Å²) in [6.07, 6.45) is 5.69. The van der Waals surface area contributed by atoms with E-state index in [1.165, 1.54) is 30.9 Å². The molecule has 82 valence electrons. The van der Waals surface area contributed by atoms with Gasteiger partial charge in [0.25, 0.3) is 0 Å². The Balaban J connectivity index is 1.87. The van der Waals surface area contributed by atoms with Crippen molar-refractivity contribution in [1.82, 2.24) is 14.9 Å². The normalized spacial score (nSPS) is 22.1. The van der Waals surface area contributed by atoms with Crippen LogP contribution in [0.25, 0.3) is 0 Å². The molecule has 2 aliphatic heterocycles. The van der Waals surface area contributed by atoms with E-state index >= 15 is 0 Å². The summed E-state index contributed by atoms with van der Waals surface area (Å²) in [7, 11) is 0. The van der Waals surface area contributed by atoms with Crippen LogP contribution in [0.15, 0.2) is 6.20 Å². The number of piperidine rings is 1. The highest BCUT2D eigenvalue weighted by atomic mass is 15.2. The first-order valence-corrected chi connectivity index (χ1v) is 5.95. The zero-order chi connectivity index (χ0) is 10.1. The molecule has 0 unspecified atom stereocenters. The summed E-state index contributed by atoms with van der Waals surface area (Å²) in [5, 5.41) is 6.81. The van der Waals surface area contributed by atoms with E-state index in [1.54, 1.807) is 0 Å². The highest BCUT2D eigenvalue weighted by molar-refractivity contribution is 5.37. The molecule has 3 heterocycles. The van der Waals surface area contributed by atoms with E-state index in [4.69, 9.17) is 0 Å². The van der Waals surface area contributed by atoms with Gasteiger partial charge in [-0.15, -0.1) is 0 Å². The van der Waals surface area contributed by atoms with Crippen LogP contribution < -0.4 is 10.6 Å². The Morgan fingerprint density at radius 3 is 3.00 bits per heavy atom. The maximum atomic E-state index is 4.59. The smallest absolute Gasteiger partial charge is 0.126 e. The topological polar surface area (TPSA) is 41.9 Å². The average Bonchev–Trinajstić information content (AvgIpc) is 2.74. The van der Waals surface area contributed by atoms with E-state index in [2.05, 4.69) is 20.2 Å². The second kappa shape index (κ2) is 3.85. The molecular weight excluding hydrogens is 188 g/mol. The number of hydrogen-bond donors (Lipinski definition) is 2. The number of hydrogen-bond acceptors (Lipinski definition) is 3. The Labute approximate surface area is 90.1 Å². The highest BCUT2D eigenvalue weighted by Gasteiger charge is 2.22. The van der Waals surface area contributed by atoms with Crippen molar-refractivity contribution in [2.75, 3.05) is 25.0 Å². The van der Waals surface area contributed by atoms with Gasteiger partial charge in [-0.1, -0.05) is 0 Å². The van der Waals surface area contributed by atoms with Crippen LogP contribution >= 0.6 is 0 Å². The van der Waals surface area contributed by atoms with Gasteiger partial charge in [0.1, 0.15) is 11.6 Å². The molecule has 0 atom stereocenters. The van der Waals surface area contributed by atoms with Gasteiger partial charge in [0.2, 0.25) is 0 Å². The molecule has 2 aliphatic rings. The minimum absolute atomic E-state index is 0.667. The fraction of sp³-hybridized carbons (Fsp3) is 0.727. The Morgan fingerprint density at radius 1 is 1.27 bits per heavy atom. The molecule has 4 heteroatoms. The predicted molar refractivity (Wildman–Crippen MR) is 60.2 cm³/mol. The van der Waals surface area contributed by atoms with Crippen LogP contribution in [-0.4, -0.2) is 29.2 Å². The average molecular weight is 206 g/mol. The molecule has 4 nitrogen and oxygen atoms in total. The fourth-order valence-electron chi connectivity index (χ4n) is 2.63. The van der Waals surface area contributed by atoms with Crippen LogP contribution in [0.3, 0.4) is 0 Å². The van der Waals surface area contributed by atoms with E-state index in [9.17, 15) is 0 Å². The van der Waals surface area contributed by atoms with Crippen molar-refractivity contribution in [3.05, 3.63) is 12.0 Å². The molecule has 0 radical (unpaired) electrons. The first-order valence-electron chi connectivity index (χ1n) is 5.95. The number of nitrogens with one attached hydrogen (secondary N) is 2. The summed E-state index contributed by atoms with van der Waals surface area (Å²) >= 11 is 0. The largest absolute Gasteiger partial charge is 0.370 e. The highest BCUT2D eigenvalue weighted by Crippen LogP contribution is 2.28. The Morgan fingerprint density at radius 2 is 2.13 bits per heavy atom. The van der Waals surface area contributed by atoms with Crippen molar-refractivity contribution in [3.8, 4) is 0 Å². The summed E-state index contributed by atoms with van der Waals surface area (Å²) < 4.78 is 2.37. The van der Waals surface area contributed by atoms with E-state index < -0.39 is 0 Å². The Kier molecular flexibility index (Phi) is 2.37. The predicted octanol–water partition coefficient (Wildman–Crippen LogP) is 1.17. The van der Waals surface area contributed by atoms with E-state index in [0.717, 1.165) is 26.2 Å². The van der Waals surface area contributed by atoms with Crippen molar-refractivity contribution < 1.29 is 0 Å². The van der Waals surface area contributed by atoms with Crippen LogP contribution in [0.5, 0.6) is 0 Å². The first kappa shape index (κ1) is 9.21. The molecule has 1 saturated heterocycles. The van der Waals surface area contributed by atoms with E-state index in [1.807, 2.05) is 6.20 Å². The SMILES string of the molecule is c1nc(C2CCNCC2)n2c1NCCC2. The molecule has 3 rings (SSSR count). The number of nitrogens with zero attached hydrogens (tertiary/aromatic N) is 2. The number of imidazole rings is 1. The lowest BCUT2D eigenvalue weighted by molar-refractivity contribution is 0.427. The monoisotopic (exact) mass is 206 g/mol. The zero-order valence-corrected chi connectivity index (χ0v) is 9.00. The third-order valence-corrected chi connectivity index (χ3v) is 3.46. The zero-order valence-electron chi connectivity index (χ0n) is 9.00. The van der Waals surface area contributed by atoms with Crippen molar-refractivity contribution in [2.24, 2.45) is 0 Å². The van der Waals surface area contributed by atoms with Gasteiger partial charge >= 0.3 is 0 Å². The minimum atomic E-state index is 0.667. The second-order valence-electron chi connectivity index (χ2n) is 4.46. The van der Waals surface area contributed by atoms with Crippen molar-refractivity contribution in [3.63, 3.8) is 0 Å². The van der Waals surface area contributed by atoms with E-state index in [0.29, 0.717) is 5.92 Å². The third-order valence-electron chi connectivity index (χ3n) is 3.46. The van der Waals surface area contributed by atoms with E-state index in [-0.39, 0.29) is 0 Å². The van der Waals surface area contributed by atoms with Gasteiger partial charge in [-0.2, -0.15) is 0 Å². The summed E-state index contributed by atoms with van der Waals surface area (Å²) in [5.74, 6) is 3.19. The van der Waals surface area contributed by atoms with Gasteiger partial charge in [0.05, 0.1) is 6.20 Å². The maximum Gasteiger partial charge on any atom is 0.126 e. The lowest BCUT2D eigenvalue weighted by Gasteiger charge is -2.25. The molecule has 15 heavy (non-hydrogen) atoms. The van der Waals surface area contributed by atoms with Gasteiger partial charge < -0.3 is 15.2 Å². The van der Waals surface area contributed by atoms with Crippen LogP contribution in [0.1, 0.15) is 31.0 Å². The van der Waals surface area contributed by atoms with Gasteiger partial charge in [0, 0.05) is 19.0 Å². The number of anilines is 1. The summed E-state index contributed by atoms with van der Waals surface area (Å²) in [4.78, 5) is 4.59. The first-order chi connectivity index (χ1) is 7.45. The maximum absolute atomic E-state index is 4.59. The van der Waals surface area contributed by atoms with Crippen molar-refractivity contribution in [1.29, 1.82) is 0 Å². The molecule has 1 fully saturated rings. The number of aromatic nitrogens is 2. The lowest BCUT2D eigenvalue weighted by atomic mass is 9.97. The van der Waals surface area contributed by atoms with Crippen LogP contribution in [0, 0.1) is 0 Å². The van der Waals surface area contributed by atoms with Crippen LogP contribution in [0.4, 0.5) is 5.82 Å². The lowest BCUT2D eigenvalue weighted by Crippen LogP contribution is -2.29.